The SMILES string of the molecule is O=S(=O)(Nc1cncnc1)c1ccc(C#CCO)cc1. The number of sulfonamides is 1. The summed E-state index contributed by atoms with van der Waals surface area (Å²) in [5.74, 6) is 5.17. The number of hydrogen-bond donors (Lipinski definition) is 2. The second-order valence-corrected chi connectivity index (χ2v) is 5.40. The third-order valence-electron chi connectivity index (χ3n) is 2.29. The van der Waals surface area contributed by atoms with Gasteiger partial charge in [-0.15, -0.1) is 0 Å². The largest absolute Gasteiger partial charge is 0.384 e. The first kappa shape index (κ1) is 14.0. The quantitative estimate of drug-likeness (QED) is 0.808. The standard InChI is InChI=1S/C13H11N3O3S/c17-7-1-2-11-3-5-13(6-4-11)20(18,19)16-12-8-14-10-15-9-12/h3-6,8-10,16-17H,7H2. The molecule has 0 saturated heterocycles. The molecule has 7 heteroatoms. The van der Waals surface area contributed by atoms with Gasteiger partial charge in [0, 0.05) is 5.56 Å². The summed E-state index contributed by atoms with van der Waals surface area (Å²) in [6, 6.07) is 6.01. The van der Waals surface area contributed by atoms with Crippen molar-refractivity contribution in [2.45, 2.75) is 4.90 Å². The molecular formula is C13H11N3O3S. The average Bonchev–Trinajstić information content (AvgIpc) is 2.46. The predicted octanol–water partition coefficient (Wildman–Crippen LogP) is 0.621. The van der Waals surface area contributed by atoms with Crippen LogP contribution < -0.4 is 4.72 Å². The third kappa shape index (κ3) is 3.54. The van der Waals surface area contributed by atoms with E-state index in [-0.39, 0.29) is 17.2 Å². The van der Waals surface area contributed by atoms with Crippen LogP contribution in [0.1, 0.15) is 5.56 Å². The lowest BCUT2D eigenvalue weighted by Crippen LogP contribution is -2.13. The van der Waals surface area contributed by atoms with Gasteiger partial charge in [-0.3, -0.25) is 4.72 Å². The maximum Gasteiger partial charge on any atom is 0.261 e. The molecule has 0 atom stereocenters. The summed E-state index contributed by atoms with van der Waals surface area (Å²) >= 11 is 0. The van der Waals surface area contributed by atoms with E-state index in [2.05, 4.69) is 26.5 Å². The minimum absolute atomic E-state index is 0.107. The fourth-order valence-corrected chi connectivity index (χ4v) is 2.45. The van der Waals surface area contributed by atoms with Crippen LogP contribution in [0.3, 0.4) is 0 Å². The first-order valence-corrected chi connectivity index (χ1v) is 7.08. The van der Waals surface area contributed by atoms with Crippen LogP contribution >= 0.6 is 0 Å². The Bertz CT molecular complexity index is 732. The van der Waals surface area contributed by atoms with Gasteiger partial charge in [-0.1, -0.05) is 11.8 Å². The summed E-state index contributed by atoms with van der Waals surface area (Å²) in [6.07, 6.45) is 4.05. The van der Waals surface area contributed by atoms with Crippen LogP contribution in [0.4, 0.5) is 5.69 Å². The van der Waals surface area contributed by atoms with Crippen LogP contribution in [0.2, 0.25) is 0 Å². The lowest BCUT2D eigenvalue weighted by molar-refractivity contribution is 0.350. The summed E-state index contributed by atoms with van der Waals surface area (Å²) < 4.78 is 26.5. The molecule has 102 valence electrons. The van der Waals surface area contributed by atoms with Crippen molar-refractivity contribution in [2.75, 3.05) is 11.3 Å². The van der Waals surface area contributed by atoms with Gasteiger partial charge in [-0.05, 0) is 24.3 Å². The minimum Gasteiger partial charge on any atom is -0.384 e. The molecular weight excluding hydrogens is 278 g/mol. The van der Waals surface area contributed by atoms with E-state index in [4.69, 9.17) is 5.11 Å². The van der Waals surface area contributed by atoms with E-state index < -0.39 is 10.0 Å². The summed E-state index contributed by atoms with van der Waals surface area (Å²) in [5, 5.41) is 8.58. The minimum atomic E-state index is -3.68. The molecule has 0 saturated carbocycles. The molecule has 0 aliphatic carbocycles. The van der Waals surface area contributed by atoms with Gasteiger partial charge in [-0.25, -0.2) is 18.4 Å². The zero-order chi connectivity index (χ0) is 14.4. The first-order chi connectivity index (χ1) is 9.62. The van der Waals surface area contributed by atoms with Gasteiger partial charge in [-0.2, -0.15) is 0 Å². The van der Waals surface area contributed by atoms with Crippen molar-refractivity contribution in [2.24, 2.45) is 0 Å². The molecule has 0 fully saturated rings. The van der Waals surface area contributed by atoms with Crippen molar-refractivity contribution >= 4 is 15.7 Å². The number of benzene rings is 1. The summed E-state index contributed by atoms with van der Waals surface area (Å²) in [6.45, 7) is -0.240. The Morgan fingerprint density at radius 3 is 2.40 bits per heavy atom. The monoisotopic (exact) mass is 289 g/mol. The Balaban J connectivity index is 2.22. The van der Waals surface area contributed by atoms with Crippen molar-refractivity contribution in [3.8, 4) is 11.8 Å². The fraction of sp³-hybridized carbons (Fsp3) is 0.0769. The van der Waals surface area contributed by atoms with Crippen LogP contribution in [-0.4, -0.2) is 30.1 Å². The number of nitrogens with zero attached hydrogens (tertiary/aromatic N) is 2. The molecule has 0 bridgehead atoms. The van der Waals surface area contributed by atoms with Gasteiger partial charge in [0.05, 0.1) is 23.0 Å². The van der Waals surface area contributed by atoms with Gasteiger partial charge in [0.1, 0.15) is 12.9 Å². The predicted molar refractivity (Wildman–Crippen MR) is 73.2 cm³/mol. The van der Waals surface area contributed by atoms with E-state index in [1.807, 2.05) is 0 Å². The Kier molecular flexibility index (Phi) is 4.30. The number of aliphatic hydroxyl groups excluding tert-OH is 1. The van der Waals surface area contributed by atoms with Crippen LogP contribution in [0.15, 0.2) is 47.9 Å². The zero-order valence-corrected chi connectivity index (χ0v) is 11.1. The molecule has 0 spiro atoms. The molecule has 1 heterocycles. The number of hydrogen-bond acceptors (Lipinski definition) is 5. The smallest absolute Gasteiger partial charge is 0.261 e. The van der Waals surface area contributed by atoms with E-state index in [0.717, 1.165) is 0 Å². The van der Waals surface area contributed by atoms with Crippen LogP contribution in [0, 0.1) is 11.8 Å². The number of rotatable bonds is 3. The molecule has 2 N–H and O–H groups in total. The molecule has 0 aliphatic rings. The molecule has 0 amide bonds. The average molecular weight is 289 g/mol. The highest BCUT2D eigenvalue weighted by Gasteiger charge is 2.13. The molecule has 2 rings (SSSR count). The van der Waals surface area contributed by atoms with Gasteiger partial charge in [0.15, 0.2) is 0 Å². The zero-order valence-electron chi connectivity index (χ0n) is 10.3. The third-order valence-corrected chi connectivity index (χ3v) is 3.69. The normalized spacial score (nSPS) is 10.4. The van der Waals surface area contributed by atoms with Crippen LogP contribution in [0.5, 0.6) is 0 Å². The summed E-state index contributed by atoms with van der Waals surface area (Å²) in [4.78, 5) is 7.57. The van der Waals surface area contributed by atoms with Gasteiger partial charge in [0.2, 0.25) is 0 Å². The first-order valence-electron chi connectivity index (χ1n) is 5.59. The highest BCUT2D eigenvalue weighted by atomic mass is 32.2. The van der Waals surface area contributed by atoms with Crippen molar-refractivity contribution in [1.82, 2.24) is 9.97 Å². The van der Waals surface area contributed by atoms with Crippen molar-refractivity contribution in [3.63, 3.8) is 0 Å². The fourth-order valence-electron chi connectivity index (χ4n) is 1.42. The Morgan fingerprint density at radius 1 is 1.15 bits per heavy atom. The number of nitrogens with one attached hydrogen (secondary N) is 1. The Hall–Kier alpha value is -2.43. The van der Waals surface area contributed by atoms with E-state index in [1.165, 1.54) is 30.9 Å². The molecule has 0 radical (unpaired) electrons. The van der Waals surface area contributed by atoms with Crippen molar-refractivity contribution < 1.29 is 13.5 Å². The lowest BCUT2D eigenvalue weighted by Gasteiger charge is -2.06. The highest BCUT2D eigenvalue weighted by Crippen LogP contribution is 2.14. The van der Waals surface area contributed by atoms with Crippen LogP contribution in [0.25, 0.3) is 0 Å². The summed E-state index contributed by atoms with van der Waals surface area (Å²) in [5.41, 5.74) is 0.915. The Labute approximate surface area is 116 Å². The second kappa shape index (κ2) is 6.14. The lowest BCUT2D eigenvalue weighted by atomic mass is 10.2. The molecule has 20 heavy (non-hydrogen) atoms. The molecule has 6 nitrogen and oxygen atoms in total. The number of aliphatic hydroxyl groups is 1. The van der Waals surface area contributed by atoms with Crippen LogP contribution in [-0.2, 0) is 10.0 Å². The maximum absolute atomic E-state index is 12.1. The molecule has 1 aromatic heterocycles. The van der Waals surface area contributed by atoms with E-state index >= 15 is 0 Å². The number of anilines is 1. The van der Waals surface area contributed by atoms with Gasteiger partial charge >= 0.3 is 0 Å². The van der Waals surface area contributed by atoms with Gasteiger partial charge in [0.25, 0.3) is 10.0 Å². The van der Waals surface area contributed by atoms with Gasteiger partial charge < -0.3 is 5.11 Å². The maximum atomic E-state index is 12.1. The van der Waals surface area contributed by atoms with Crippen molar-refractivity contribution in [1.29, 1.82) is 0 Å². The van der Waals surface area contributed by atoms with E-state index in [9.17, 15) is 8.42 Å². The molecule has 2 aromatic rings. The van der Waals surface area contributed by atoms with E-state index in [1.54, 1.807) is 12.1 Å². The Morgan fingerprint density at radius 2 is 1.80 bits per heavy atom. The molecule has 0 aliphatic heterocycles. The van der Waals surface area contributed by atoms with E-state index in [0.29, 0.717) is 5.56 Å². The highest BCUT2D eigenvalue weighted by molar-refractivity contribution is 7.92. The molecule has 0 unspecified atom stereocenters. The topological polar surface area (TPSA) is 92.2 Å². The second-order valence-electron chi connectivity index (χ2n) is 3.72. The van der Waals surface area contributed by atoms with Crippen molar-refractivity contribution in [3.05, 3.63) is 48.5 Å². The molecule has 1 aromatic carbocycles. The number of aromatic nitrogens is 2. The summed E-state index contributed by atoms with van der Waals surface area (Å²) in [7, 11) is -3.68.